The predicted molar refractivity (Wildman–Crippen MR) is 94.8 cm³/mol. The van der Waals surface area contributed by atoms with Gasteiger partial charge in [-0.25, -0.2) is 0 Å². The number of aliphatic hydroxyl groups excluding tert-OH is 1. The summed E-state index contributed by atoms with van der Waals surface area (Å²) in [6.07, 6.45) is 0. The smallest absolute Gasteiger partial charge is 0.324 e. The highest BCUT2D eigenvalue weighted by Gasteiger charge is 2.30. The van der Waals surface area contributed by atoms with Crippen LogP contribution in [0.5, 0.6) is 5.75 Å². The lowest BCUT2D eigenvalue weighted by Crippen LogP contribution is -2.10. The molecule has 0 heterocycles. The summed E-state index contributed by atoms with van der Waals surface area (Å²) in [5.74, 6) is -1.21. The molecule has 12 nitrogen and oxygen atoms in total. The van der Waals surface area contributed by atoms with Crippen LogP contribution in [0.4, 0.5) is 22.7 Å². The van der Waals surface area contributed by atoms with Gasteiger partial charge in [0.15, 0.2) is 0 Å². The topological polar surface area (TPSA) is 173 Å². The Labute approximate surface area is 152 Å². The van der Waals surface area contributed by atoms with Gasteiger partial charge in [0.25, 0.3) is 11.4 Å². The standard InChI is InChI=1S/C9H13NO.C6H3N3O7/c1-10(2)9-6-4-3-5-8(9)7-11;10-6-4(8(13)14)1-3(7(11)12)2-5(6)9(15)16/h3-6,11H,7H2,1-2H3;1-2,10H. The Bertz CT molecular complexity index is 834. The third-order valence-electron chi connectivity index (χ3n) is 3.30. The number of phenolic OH excluding ortho intramolecular Hbond substituents is 1. The number of para-hydroxylation sites is 1. The molecular formula is C15H16N4O8. The summed E-state index contributed by atoms with van der Waals surface area (Å²) in [5.41, 5.74) is -0.953. The molecule has 0 aliphatic carbocycles. The number of hydrogen-bond donors (Lipinski definition) is 2. The number of benzene rings is 2. The molecule has 0 aromatic heterocycles. The van der Waals surface area contributed by atoms with Gasteiger partial charge in [0.2, 0.25) is 0 Å². The first-order valence-corrected chi connectivity index (χ1v) is 7.26. The van der Waals surface area contributed by atoms with E-state index >= 15 is 0 Å². The normalized spacial score (nSPS) is 9.74. The van der Waals surface area contributed by atoms with Gasteiger partial charge in [-0.1, -0.05) is 18.2 Å². The third kappa shape index (κ3) is 5.34. The van der Waals surface area contributed by atoms with E-state index in [-0.39, 0.29) is 6.61 Å². The Morgan fingerprint density at radius 3 is 1.74 bits per heavy atom. The van der Waals surface area contributed by atoms with Crippen molar-refractivity contribution in [3.05, 3.63) is 72.3 Å². The van der Waals surface area contributed by atoms with Crippen LogP contribution in [0.3, 0.4) is 0 Å². The molecule has 27 heavy (non-hydrogen) atoms. The van der Waals surface area contributed by atoms with E-state index in [0.29, 0.717) is 12.1 Å². The minimum absolute atomic E-state index is 0.106. The Kier molecular flexibility index (Phi) is 7.12. The molecule has 144 valence electrons. The molecule has 0 aliphatic heterocycles. The van der Waals surface area contributed by atoms with Crippen LogP contribution in [0.1, 0.15) is 5.56 Å². The SMILES string of the molecule is CN(C)c1ccccc1CO.O=[N+]([O-])c1cc([N+](=O)[O-])c(O)c([N+](=O)[O-])c1. The van der Waals surface area contributed by atoms with Crippen molar-refractivity contribution in [3.63, 3.8) is 0 Å². The van der Waals surface area contributed by atoms with E-state index in [0.717, 1.165) is 11.3 Å². The molecule has 0 aliphatic rings. The monoisotopic (exact) mass is 380 g/mol. The van der Waals surface area contributed by atoms with Crippen LogP contribution in [-0.2, 0) is 6.61 Å². The molecule has 0 saturated heterocycles. The Morgan fingerprint density at radius 1 is 0.926 bits per heavy atom. The maximum Gasteiger partial charge on any atom is 0.324 e. The zero-order valence-electron chi connectivity index (χ0n) is 14.3. The van der Waals surface area contributed by atoms with Gasteiger partial charge in [0, 0.05) is 25.3 Å². The third-order valence-corrected chi connectivity index (χ3v) is 3.30. The van der Waals surface area contributed by atoms with Crippen LogP contribution >= 0.6 is 0 Å². The van der Waals surface area contributed by atoms with E-state index in [9.17, 15) is 30.3 Å². The van der Waals surface area contributed by atoms with Crippen LogP contribution in [-0.4, -0.2) is 39.1 Å². The number of non-ortho nitro benzene ring substituents is 1. The van der Waals surface area contributed by atoms with Gasteiger partial charge in [-0.05, 0) is 6.07 Å². The van der Waals surface area contributed by atoms with Gasteiger partial charge in [-0.2, -0.15) is 0 Å². The fourth-order valence-corrected chi connectivity index (χ4v) is 2.05. The van der Waals surface area contributed by atoms with Gasteiger partial charge in [-0.15, -0.1) is 0 Å². The number of hydrogen-bond acceptors (Lipinski definition) is 9. The molecule has 0 amide bonds. The van der Waals surface area contributed by atoms with E-state index in [1.54, 1.807) is 0 Å². The summed E-state index contributed by atoms with van der Waals surface area (Å²) >= 11 is 0. The van der Waals surface area contributed by atoms with Gasteiger partial charge in [0.1, 0.15) is 0 Å². The summed E-state index contributed by atoms with van der Waals surface area (Å²) in [6, 6.07) is 8.71. The molecule has 0 fully saturated rings. The number of nitro groups is 3. The average molecular weight is 380 g/mol. The highest BCUT2D eigenvalue weighted by molar-refractivity contribution is 5.64. The van der Waals surface area contributed by atoms with Crippen molar-refractivity contribution in [2.45, 2.75) is 6.61 Å². The van der Waals surface area contributed by atoms with Gasteiger partial charge in [-0.3, -0.25) is 30.3 Å². The molecule has 0 bridgehead atoms. The Morgan fingerprint density at radius 2 is 1.41 bits per heavy atom. The average Bonchev–Trinajstić information content (AvgIpc) is 2.61. The molecule has 0 saturated carbocycles. The fourth-order valence-electron chi connectivity index (χ4n) is 2.05. The zero-order chi connectivity index (χ0) is 20.7. The van der Waals surface area contributed by atoms with E-state index in [2.05, 4.69) is 0 Å². The van der Waals surface area contributed by atoms with Crippen LogP contribution in [0.15, 0.2) is 36.4 Å². The lowest BCUT2D eigenvalue weighted by Gasteiger charge is -2.15. The number of anilines is 1. The Hall–Kier alpha value is -3.80. The largest absolute Gasteiger partial charge is 0.497 e. The van der Waals surface area contributed by atoms with E-state index in [1.165, 1.54) is 0 Å². The maximum absolute atomic E-state index is 10.4. The second kappa shape index (κ2) is 9.05. The lowest BCUT2D eigenvalue weighted by molar-refractivity contribution is -0.404. The van der Waals surface area contributed by atoms with Crippen molar-refractivity contribution in [1.29, 1.82) is 0 Å². The number of phenols is 1. The fraction of sp³-hybridized carbons (Fsp3) is 0.200. The summed E-state index contributed by atoms with van der Waals surface area (Å²) in [4.78, 5) is 29.8. The summed E-state index contributed by atoms with van der Waals surface area (Å²) in [5, 5.41) is 49.2. The number of aromatic hydroxyl groups is 1. The van der Waals surface area contributed by atoms with Crippen LogP contribution in [0, 0.1) is 30.3 Å². The van der Waals surface area contributed by atoms with Crippen molar-refractivity contribution in [3.8, 4) is 5.75 Å². The van der Waals surface area contributed by atoms with Crippen LogP contribution in [0.2, 0.25) is 0 Å². The maximum atomic E-state index is 10.4. The molecule has 2 N–H and O–H groups in total. The molecule has 0 spiro atoms. The van der Waals surface area contributed by atoms with Crippen molar-refractivity contribution < 1.29 is 25.0 Å². The summed E-state index contributed by atoms with van der Waals surface area (Å²) < 4.78 is 0. The molecular weight excluding hydrogens is 364 g/mol. The van der Waals surface area contributed by atoms with Gasteiger partial charge in [0.05, 0.1) is 33.5 Å². The number of nitro benzene ring substituents is 3. The van der Waals surface area contributed by atoms with E-state index in [4.69, 9.17) is 10.2 Å². The summed E-state index contributed by atoms with van der Waals surface area (Å²) in [6.45, 7) is 0.106. The minimum Gasteiger partial charge on any atom is -0.497 e. The predicted octanol–water partition coefficient (Wildman–Crippen LogP) is 2.36. The van der Waals surface area contributed by atoms with Crippen molar-refractivity contribution >= 4 is 22.7 Å². The number of rotatable bonds is 5. The molecule has 2 rings (SSSR count). The van der Waals surface area contributed by atoms with E-state index < -0.39 is 37.6 Å². The Balaban J connectivity index is 0.000000289. The van der Waals surface area contributed by atoms with Crippen LogP contribution < -0.4 is 4.90 Å². The van der Waals surface area contributed by atoms with Gasteiger partial charge < -0.3 is 15.1 Å². The molecule has 0 unspecified atom stereocenters. The summed E-state index contributed by atoms with van der Waals surface area (Å²) in [7, 11) is 3.93. The molecule has 2 aromatic carbocycles. The molecule has 0 radical (unpaired) electrons. The van der Waals surface area contributed by atoms with E-state index in [1.807, 2.05) is 43.3 Å². The zero-order valence-corrected chi connectivity index (χ0v) is 14.3. The second-order valence-electron chi connectivity index (χ2n) is 5.29. The highest BCUT2D eigenvalue weighted by Crippen LogP contribution is 2.38. The molecule has 2 aromatic rings. The highest BCUT2D eigenvalue weighted by atomic mass is 16.6. The number of aliphatic hydroxyl groups is 1. The van der Waals surface area contributed by atoms with Gasteiger partial charge >= 0.3 is 11.4 Å². The molecule has 0 atom stereocenters. The van der Waals surface area contributed by atoms with Crippen molar-refractivity contribution in [2.75, 3.05) is 19.0 Å². The van der Waals surface area contributed by atoms with Crippen molar-refractivity contribution in [1.82, 2.24) is 0 Å². The number of nitrogens with zero attached hydrogens (tertiary/aromatic N) is 4. The first kappa shape index (κ1) is 21.2. The van der Waals surface area contributed by atoms with Crippen molar-refractivity contribution in [2.24, 2.45) is 0 Å². The first-order valence-electron chi connectivity index (χ1n) is 7.26. The lowest BCUT2D eigenvalue weighted by atomic mass is 10.2. The molecule has 12 heteroatoms. The quantitative estimate of drug-likeness (QED) is 0.583. The van der Waals surface area contributed by atoms with Crippen LogP contribution in [0.25, 0.3) is 0 Å². The first-order chi connectivity index (χ1) is 12.6. The minimum atomic E-state index is -1.21. The second-order valence-corrected chi connectivity index (χ2v) is 5.29.